The zero-order valence-corrected chi connectivity index (χ0v) is 12.7. The predicted molar refractivity (Wildman–Crippen MR) is 82.5 cm³/mol. The molecule has 4 heteroatoms. The smallest absolute Gasteiger partial charge is 0.120 e. The number of piperidine rings is 1. The van der Waals surface area contributed by atoms with Crippen LogP contribution in [0.2, 0.25) is 5.02 Å². The van der Waals surface area contributed by atoms with E-state index in [1.54, 1.807) is 0 Å². The summed E-state index contributed by atoms with van der Waals surface area (Å²) in [5, 5.41) is 9.83. The average molecular weight is 298 g/mol. The second kappa shape index (κ2) is 8.50. The van der Waals surface area contributed by atoms with Gasteiger partial charge in [0, 0.05) is 24.2 Å². The summed E-state index contributed by atoms with van der Waals surface area (Å²) in [6.07, 6.45) is 5.69. The number of rotatable bonds is 7. The van der Waals surface area contributed by atoms with Crippen LogP contribution in [0.25, 0.3) is 0 Å². The average Bonchev–Trinajstić information content (AvgIpc) is 2.46. The first kappa shape index (κ1) is 15.6. The summed E-state index contributed by atoms with van der Waals surface area (Å²) in [5.74, 6) is 0.836. The first-order valence-electron chi connectivity index (χ1n) is 7.53. The molecule has 0 amide bonds. The first-order chi connectivity index (χ1) is 9.79. The van der Waals surface area contributed by atoms with E-state index < -0.39 is 0 Å². The molecule has 1 aromatic rings. The molecule has 0 aromatic heterocycles. The summed E-state index contributed by atoms with van der Waals surface area (Å²) >= 11 is 5.92. The van der Waals surface area contributed by atoms with E-state index in [1.165, 1.54) is 19.3 Å². The molecule has 0 radical (unpaired) electrons. The molecule has 2 rings (SSSR count). The third-order valence-corrected chi connectivity index (χ3v) is 4.10. The van der Waals surface area contributed by atoms with Crippen molar-refractivity contribution in [3.05, 3.63) is 29.3 Å². The third kappa shape index (κ3) is 4.97. The van der Waals surface area contributed by atoms with Crippen molar-refractivity contribution in [3.8, 4) is 5.75 Å². The summed E-state index contributed by atoms with van der Waals surface area (Å²) in [7, 11) is 0. The number of likely N-dealkylation sites (tertiary alicyclic amines) is 1. The van der Waals surface area contributed by atoms with Gasteiger partial charge in [0.05, 0.1) is 6.61 Å². The Kier molecular flexibility index (Phi) is 6.64. The van der Waals surface area contributed by atoms with E-state index in [4.69, 9.17) is 21.4 Å². The number of aliphatic hydroxyl groups is 1. The zero-order chi connectivity index (χ0) is 14.2. The highest BCUT2D eigenvalue weighted by molar-refractivity contribution is 6.30. The maximum Gasteiger partial charge on any atom is 0.120 e. The van der Waals surface area contributed by atoms with Gasteiger partial charge in [-0.1, -0.05) is 24.1 Å². The largest absolute Gasteiger partial charge is 0.493 e. The standard InChI is InChI=1S/C16H24ClNO2/c17-14-5-3-7-16(13-14)20-12-4-10-18-9-2-1-6-15(18)8-11-19/h3,5,7,13,15,19H,1-2,4,6,8-12H2. The van der Waals surface area contributed by atoms with Crippen LogP contribution in [0.5, 0.6) is 5.75 Å². The Morgan fingerprint density at radius 3 is 3.05 bits per heavy atom. The lowest BCUT2D eigenvalue weighted by Crippen LogP contribution is -2.40. The van der Waals surface area contributed by atoms with Crippen molar-refractivity contribution in [2.45, 2.75) is 38.1 Å². The van der Waals surface area contributed by atoms with E-state index in [2.05, 4.69) is 4.90 Å². The highest BCUT2D eigenvalue weighted by Crippen LogP contribution is 2.20. The molecule has 0 aliphatic carbocycles. The van der Waals surface area contributed by atoms with Gasteiger partial charge < -0.3 is 14.7 Å². The molecule has 0 spiro atoms. The van der Waals surface area contributed by atoms with E-state index in [0.29, 0.717) is 24.3 Å². The van der Waals surface area contributed by atoms with Crippen LogP contribution in [-0.4, -0.2) is 42.4 Å². The minimum absolute atomic E-state index is 0.292. The SMILES string of the molecule is OCCC1CCCCN1CCCOc1cccc(Cl)c1. The van der Waals surface area contributed by atoms with Crippen molar-refractivity contribution in [1.29, 1.82) is 0 Å². The highest BCUT2D eigenvalue weighted by atomic mass is 35.5. The van der Waals surface area contributed by atoms with Gasteiger partial charge in [-0.3, -0.25) is 0 Å². The first-order valence-corrected chi connectivity index (χ1v) is 7.90. The number of aliphatic hydroxyl groups excluding tert-OH is 1. The molecule has 1 aliphatic heterocycles. The molecule has 1 atom stereocenters. The molecular weight excluding hydrogens is 274 g/mol. The van der Waals surface area contributed by atoms with Crippen LogP contribution >= 0.6 is 11.6 Å². The molecule has 1 aliphatic rings. The monoisotopic (exact) mass is 297 g/mol. The number of hydrogen-bond acceptors (Lipinski definition) is 3. The van der Waals surface area contributed by atoms with E-state index in [9.17, 15) is 0 Å². The summed E-state index contributed by atoms with van der Waals surface area (Å²) in [6.45, 7) is 3.20. The van der Waals surface area contributed by atoms with Gasteiger partial charge in [0.1, 0.15) is 5.75 Å². The fourth-order valence-corrected chi connectivity index (χ4v) is 3.03. The molecule has 1 unspecified atom stereocenters. The van der Waals surface area contributed by atoms with Crippen molar-refractivity contribution >= 4 is 11.6 Å². The molecule has 1 aromatic carbocycles. The van der Waals surface area contributed by atoms with Crippen molar-refractivity contribution in [3.63, 3.8) is 0 Å². The molecule has 1 N–H and O–H groups in total. The molecule has 0 bridgehead atoms. The molecular formula is C16H24ClNO2. The van der Waals surface area contributed by atoms with Gasteiger partial charge in [0.2, 0.25) is 0 Å². The third-order valence-electron chi connectivity index (χ3n) is 3.87. The van der Waals surface area contributed by atoms with Crippen LogP contribution in [0.1, 0.15) is 32.1 Å². The van der Waals surface area contributed by atoms with Gasteiger partial charge in [0.25, 0.3) is 0 Å². The number of nitrogens with zero attached hydrogens (tertiary/aromatic N) is 1. The van der Waals surface area contributed by atoms with Gasteiger partial charge in [-0.05, 0) is 50.4 Å². The van der Waals surface area contributed by atoms with E-state index in [1.807, 2.05) is 24.3 Å². The molecule has 112 valence electrons. The fraction of sp³-hybridized carbons (Fsp3) is 0.625. The fourth-order valence-electron chi connectivity index (χ4n) is 2.84. The number of hydrogen-bond donors (Lipinski definition) is 1. The Labute approximate surface area is 126 Å². The Bertz CT molecular complexity index is 398. The molecule has 1 heterocycles. The molecule has 0 saturated carbocycles. The Morgan fingerprint density at radius 2 is 2.25 bits per heavy atom. The second-order valence-corrected chi connectivity index (χ2v) is 5.79. The topological polar surface area (TPSA) is 32.7 Å². The quantitative estimate of drug-likeness (QED) is 0.784. The number of benzene rings is 1. The minimum Gasteiger partial charge on any atom is -0.493 e. The molecule has 20 heavy (non-hydrogen) atoms. The molecule has 1 fully saturated rings. The van der Waals surface area contributed by atoms with E-state index in [0.717, 1.165) is 31.7 Å². The van der Waals surface area contributed by atoms with Crippen LogP contribution in [0.4, 0.5) is 0 Å². The minimum atomic E-state index is 0.292. The van der Waals surface area contributed by atoms with Crippen LogP contribution in [0.15, 0.2) is 24.3 Å². The number of halogens is 1. The lowest BCUT2D eigenvalue weighted by molar-refractivity contribution is 0.112. The Hall–Kier alpha value is -0.770. The normalized spacial score (nSPS) is 20.0. The predicted octanol–water partition coefficient (Wildman–Crippen LogP) is 3.35. The van der Waals surface area contributed by atoms with Crippen LogP contribution in [-0.2, 0) is 0 Å². The lowest BCUT2D eigenvalue weighted by Gasteiger charge is -2.35. The molecule has 1 saturated heterocycles. The summed E-state index contributed by atoms with van der Waals surface area (Å²) in [6, 6.07) is 8.08. The van der Waals surface area contributed by atoms with Crippen molar-refractivity contribution < 1.29 is 9.84 Å². The van der Waals surface area contributed by atoms with Gasteiger partial charge in [-0.15, -0.1) is 0 Å². The molecule has 3 nitrogen and oxygen atoms in total. The van der Waals surface area contributed by atoms with Crippen molar-refractivity contribution in [2.24, 2.45) is 0 Å². The van der Waals surface area contributed by atoms with Crippen LogP contribution in [0.3, 0.4) is 0 Å². The van der Waals surface area contributed by atoms with Gasteiger partial charge in [0.15, 0.2) is 0 Å². The Morgan fingerprint density at radius 1 is 1.35 bits per heavy atom. The van der Waals surface area contributed by atoms with Crippen LogP contribution < -0.4 is 4.74 Å². The summed E-state index contributed by atoms with van der Waals surface area (Å²) in [4.78, 5) is 2.50. The van der Waals surface area contributed by atoms with Crippen molar-refractivity contribution in [1.82, 2.24) is 4.90 Å². The Balaban J connectivity index is 1.69. The highest BCUT2D eigenvalue weighted by Gasteiger charge is 2.21. The van der Waals surface area contributed by atoms with Gasteiger partial charge >= 0.3 is 0 Å². The summed E-state index contributed by atoms with van der Waals surface area (Å²) in [5.41, 5.74) is 0. The lowest BCUT2D eigenvalue weighted by atomic mass is 9.99. The maximum atomic E-state index is 9.12. The van der Waals surface area contributed by atoms with Crippen molar-refractivity contribution in [2.75, 3.05) is 26.3 Å². The van der Waals surface area contributed by atoms with Gasteiger partial charge in [-0.25, -0.2) is 0 Å². The van der Waals surface area contributed by atoms with Gasteiger partial charge in [-0.2, -0.15) is 0 Å². The van der Waals surface area contributed by atoms with E-state index in [-0.39, 0.29) is 0 Å². The summed E-state index contributed by atoms with van der Waals surface area (Å²) < 4.78 is 5.71. The second-order valence-electron chi connectivity index (χ2n) is 5.36. The van der Waals surface area contributed by atoms with E-state index >= 15 is 0 Å². The van der Waals surface area contributed by atoms with Crippen LogP contribution in [0, 0.1) is 0 Å². The number of ether oxygens (including phenoxy) is 1. The maximum absolute atomic E-state index is 9.12. The zero-order valence-electron chi connectivity index (χ0n) is 11.9.